The number of hydrogen-bond acceptors (Lipinski definition) is 3. The van der Waals surface area contributed by atoms with Gasteiger partial charge >= 0.3 is 0 Å². The zero-order chi connectivity index (χ0) is 14.2. The van der Waals surface area contributed by atoms with E-state index in [-0.39, 0.29) is 11.7 Å². The van der Waals surface area contributed by atoms with Gasteiger partial charge in [-0.2, -0.15) is 11.8 Å². The van der Waals surface area contributed by atoms with Gasteiger partial charge in [0.15, 0.2) is 0 Å². The van der Waals surface area contributed by atoms with Gasteiger partial charge in [-0.25, -0.2) is 0 Å². The van der Waals surface area contributed by atoms with Crippen LogP contribution in [0, 0.1) is 0 Å². The van der Waals surface area contributed by atoms with Crippen LogP contribution in [0.1, 0.15) is 37.9 Å². The molecule has 0 bridgehead atoms. The van der Waals surface area contributed by atoms with Gasteiger partial charge in [0.25, 0.3) is 0 Å². The molecule has 1 aliphatic heterocycles. The van der Waals surface area contributed by atoms with Crippen molar-refractivity contribution < 1.29 is 4.79 Å². The van der Waals surface area contributed by atoms with Crippen molar-refractivity contribution in [3.8, 4) is 0 Å². The molecule has 1 N–H and O–H groups in total. The predicted octanol–water partition coefficient (Wildman–Crippen LogP) is 2.79. The van der Waals surface area contributed by atoms with E-state index in [9.17, 15) is 4.79 Å². The molecule has 0 radical (unpaired) electrons. The highest BCUT2D eigenvalue weighted by molar-refractivity contribution is 7.98. The summed E-state index contributed by atoms with van der Waals surface area (Å²) in [4.78, 5) is 14.9. The zero-order valence-corrected chi connectivity index (χ0v) is 13.0. The smallest absolute Gasteiger partial charge is 0.244 e. The molecule has 1 spiro atoms. The molecule has 1 aromatic carbocycles. The van der Waals surface area contributed by atoms with Gasteiger partial charge in [0.1, 0.15) is 11.7 Å². The van der Waals surface area contributed by atoms with Gasteiger partial charge in [-0.3, -0.25) is 10.1 Å². The van der Waals surface area contributed by atoms with Crippen molar-refractivity contribution in [2.24, 2.45) is 0 Å². The lowest BCUT2D eigenvalue weighted by Crippen LogP contribution is -2.41. The standard InChI is InChI=1S/C16H22N2OS/c1-3-13(11-20-2)18-14(12-7-5-4-6-8-12)17-16(9-10-16)15(18)19/h4-8,13-14,17H,3,9-11H2,1-2H3. The Morgan fingerprint density at radius 3 is 2.65 bits per heavy atom. The SMILES string of the molecule is CCC(CSC)N1C(=O)C2(CC2)NC1c1ccccc1. The first kappa shape index (κ1) is 14.0. The summed E-state index contributed by atoms with van der Waals surface area (Å²) in [6, 6.07) is 10.7. The van der Waals surface area contributed by atoms with E-state index in [1.165, 1.54) is 5.56 Å². The molecule has 1 aromatic rings. The van der Waals surface area contributed by atoms with Gasteiger partial charge in [0.05, 0.1) is 0 Å². The van der Waals surface area contributed by atoms with Crippen molar-refractivity contribution in [1.82, 2.24) is 10.2 Å². The molecule has 1 saturated heterocycles. The maximum absolute atomic E-state index is 12.8. The summed E-state index contributed by atoms with van der Waals surface area (Å²) < 4.78 is 0. The van der Waals surface area contributed by atoms with Crippen LogP contribution in [0.3, 0.4) is 0 Å². The molecule has 2 aliphatic rings. The summed E-state index contributed by atoms with van der Waals surface area (Å²) in [5, 5.41) is 3.60. The molecule has 2 fully saturated rings. The van der Waals surface area contributed by atoms with E-state index in [1.54, 1.807) is 0 Å². The molecule has 3 rings (SSSR count). The third-order valence-electron chi connectivity index (χ3n) is 4.42. The second-order valence-corrected chi connectivity index (χ2v) is 6.68. The molecule has 1 aliphatic carbocycles. The molecule has 1 saturated carbocycles. The van der Waals surface area contributed by atoms with Crippen LogP contribution in [0.15, 0.2) is 30.3 Å². The highest BCUT2D eigenvalue weighted by Crippen LogP contribution is 2.47. The fraction of sp³-hybridized carbons (Fsp3) is 0.562. The molecule has 3 nitrogen and oxygen atoms in total. The number of benzene rings is 1. The normalized spacial score (nSPS) is 25.2. The van der Waals surface area contributed by atoms with E-state index >= 15 is 0 Å². The van der Waals surface area contributed by atoms with E-state index in [1.807, 2.05) is 30.0 Å². The fourth-order valence-corrected chi connectivity index (χ4v) is 3.86. The van der Waals surface area contributed by atoms with Gasteiger partial charge in [-0.1, -0.05) is 37.3 Å². The average Bonchev–Trinajstić information content (AvgIpc) is 3.21. The molecule has 108 valence electrons. The lowest BCUT2D eigenvalue weighted by atomic mass is 10.1. The molecule has 2 unspecified atom stereocenters. The van der Waals surface area contributed by atoms with Crippen molar-refractivity contribution in [2.45, 2.75) is 43.9 Å². The van der Waals surface area contributed by atoms with Crippen molar-refractivity contribution in [1.29, 1.82) is 0 Å². The average molecular weight is 290 g/mol. The van der Waals surface area contributed by atoms with Gasteiger partial charge in [-0.05, 0) is 31.1 Å². The largest absolute Gasteiger partial charge is 0.317 e. The number of nitrogens with zero attached hydrogens (tertiary/aromatic N) is 1. The quantitative estimate of drug-likeness (QED) is 0.905. The zero-order valence-electron chi connectivity index (χ0n) is 12.1. The molecular formula is C16H22N2OS. The van der Waals surface area contributed by atoms with Crippen molar-refractivity contribution >= 4 is 17.7 Å². The van der Waals surface area contributed by atoms with Crippen LogP contribution >= 0.6 is 11.8 Å². The molecule has 4 heteroatoms. The van der Waals surface area contributed by atoms with E-state index < -0.39 is 0 Å². The van der Waals surface area contributed by atoms with Crippen LogP contribution in [0.5, 0.6) is 0 Å². The summed E-state index contributed by atoms with van der Waals surface area (Å²) in [5.74, 6) is 1.32. The van der Waals surface area contributed by atoms with Gasteiger partial charge in [0.2, 0.25) is 5.91 Å². The van der Waals surface area contributed by atoms with Crippen LogP contribution in [0.25, 0.3) is 0 Å². The highest BCUT2D eigenvalue weighted by atomic mass is 32.2. The minimum atomic E-state index is -0.244. The van der Waals surface area contributed by atoms with Crippen LogP contribution in [-0.4, -0.2) is 34.4 Å². The maximum atomic E-state index is 12.8. The number of nitrogens with one attached hydrogen (secondary N) is 1. The van der Waals surface area contributed by atoms with E-state index in [2.05, 4.69) is 35.5 Å². The van der Waals surface area contributed by atoms with Crippen LogP contribution in [-0.2, 0) is 4.79 Å². The fourth-order valence-electron chi connectivity index (χ4n) is 3.08. The first-order valence-electron chi connectivity index (χ1n) is 7.36. The number of thioether (sulfide) groups is 1. The third-order valence-corrected chi connectivity index (χ3v) is 5.14. The van der Waals surface area contributed by atoms with Crippen LogP contribution in [0.2, 0.25) is 0 Å². The van der Waals surface area contributed by atoms with E-state index in [0.717, 1.165) is 25.0 Å². The lowest BCUT2D eigenvalue weighted by molar-refractivity contribution is -0.132. The minimum Gasteiger partial charge on any atom is -0.317 e. The summed E-state index contributed by atoms with van der Waals surface area (Å²) >= 11 is 1.82. The van der Waals surface area contributed by atoms with Gasteiger partial charge in [-0.15, -0.1) is 0 Å². The Morgan fingerprint density at radius 1 is 1.40 bits per heavy atom. The van der Waals surface area contributed by atoms with Crippen LogP contribution in [0.4, 0.5) is 0 Å². The Kier molecular flexibility index (Phi) is 3.78. The minimum absolute atomic E-state index is 0.0447. The van der Waals surface area contributed by atoms with Crippen molar-refractivity contribution in [3.05, 3.63) is 35.9 Å². The Labute approximate surface area is 125 Å². The maximum Gasteiger partial charge on any atom is 0.244 e. The predicted molar refractivity (Wildman–Crippen MR) is 83.6 cm³/mol. The molecule has 1 heterocycles. The number of carbonyl (C=O) groups is 1. The Bertz CT molecular complexity index is 487. The lowest BCUT2D eigenvalue weighted by Gasteiger charge is -2.32. The van der Waals surface area contributed by atoms with E-state index in [4.69, 9.17) is 0 Å². The van der Waals surface area contributed by atoms with Crippen LogP contribution < -0.4 is 5.32 Å². The Balaban J connectivity index is 1.92. The summed E-state index contributed by atoms with van der Waals surface area (Å²) in [6.07, 6.45) is 5.14. The number of hydrogen-bond donors (Lipinski definition) is 1. The molecule has 1 amide bonds. The number of carbonyl (C=O) groups excluding carboxylic acids is 1. The second kappa shape index (κ2) is 5.41. The summed E-state index contributed by atoms with van der Waals surface area (Å²) in [6.45, 7) is 2.17. The van der Waals surface area contributed by atoms with Gasteiger partial charge < -0.3 is 4.90 Å². The second-order valence-electron chi connectivity index (χ2n) is 5.77. The first-order chi connectivity index (χ1) is 9.72. The third kappa shape index (κ3) is 2.25. The Hall–Kier alpha value is -1.00. The van der Waals surface area contributed by atoms with Crippen molar-refractivity contribution in [3.63, 3.8) is 0 Å². The number of rotatable bonds is 5. The van der Waals surface area contributed by atoms with Crippen molar-refractivity contribution in [2.75, 3.05) is 12.0 Å². The summed E-state index contributed by atoms with van der Waals surface area (Å²) in [5.41, 5.74) is 0.955. The molecule has 0 aromatic heterocycles. The summed E-state index contributed by atoms with van der Waals surface area (Å²) in [7, 11) is 0. The molecule has 2 atom stereocenters. The monoisotopic (exact) mass is 290 g/mol. The molecular weight excluding hydrogens is 268 g/mol. The van der Waals surface area contributed by atoms with Gasteiger partial charge in [0, 0.05) is 11.8 Å². The number of amides is 1. The topological polar surface area (TPSA) is 32.3 Å². The Morgan fingerprint density at radius 2 is 2.10 bits per heavy atom. The highest BCUT2D eigenvalue weighted by Gasteiger charge is 2.60. The molecule has 20 heavy (non-hydrogen) atoms. The first-order valence-corrected chi connectivity index (χ1v) is 8.75. The van der Waals surface area contributed by atoms with E-state index in [0.29, 0.717) is 11.9 Å².